The van der Waals surface area contributed by atoms with E-state index in [1.54, 1.807) is 0 Å². The molecule has 120 valence electrons. The van der Waals surface area contributed by atoms with Gasteiger partial charge in [0.2, 0.25) is 0 Å². The molecule has 1 unspecified atom stereocenters. The summed E-state index contributed by atoms with van der Waals surface area (Å²) in [6.45, 7) is 0. The summed E-state index contributed by atoms with van der Waals surface area (Å²) >= 11 is 5.56. The summed E-state index contributed by atoms with van der Waals surface area (Å²) in [5.74, 6) is -4.21. The zero-order valence-electron chi connectivity index (χ0n) is 10.6. The molecule has 0 aliphatic carbocycles. The molecule has 2 N–H and O–H groups in total. The number of nitrogens with one attached hydrogen (secondary N) is 1. The average molecular weight is 341 g/mol. The summed E-state index contributed by atoms with van der Waals surface area (Å²) in [5.41, 5.74) is -0.732. The van der Waals surface area contributed by atoms with Gasteiger partial charge < -0.3 is 10.4 Å². The molecule has 22 heavy (non-hydrogen) atoms. The van der Waals surface area contributed by atoms with Gasteiger partial charge >= 0.3 is 18.1 Å². The molecular weight excluding hydrogens is 333 g/mol. The van der Waals surface area contributed by atoms with Crippen molar-refractivity contribution in [3.63, 3.8) is 0 Å². The van der Waals surface area contributed by atoms with Gasteiger partial charge in [0.25, 0.3) is 5.69 Å². The van der Waals surface area contributed by atoms with Crippen molar-refractivity contribution in [2.24, 2.45) is 0 Å². The number of rotatable bonds is 5. The molecule has 0 radical (unpaired) electrons. The Morgan fingerprint density at radius 3 is 2.45 bits per heavy atom. The molecule has 0 aliphatic heterocycles. The van der Waals surface area contributed by atoms with Gasteiger partial charge in [0.1, 0.15) is 6.04 Å². The number of carbonyl (C=O) groups excluding carboxylic acids is 1. The minimum atomic E-state index is -5.26. The van der Waals surface area contributed by atoms with Gasteiger partial charge in [-0.2, -0.15) is 13.2 Å². The third-order valence-corrected chi connectivity index (χ3v) is 2.76. The molecule has 1 amide bonds. The topological polar surface area (TPSA) is 110 Å². The molecule has 0 spiro atoms. The highest BCUT2D eigenvalue weighted by Gasteiger charge is 2.41. The summed E-state index contributed by atoms with van der Waals surface area (Å²) in [6.07, 6.45) is -5.97. The molecule has 0 fully saturated rings. The minimum Gasteiger partial charge on any atom is -0.480 e. The highest BCUT2D eigenvalue weighted by molar-refractivity contribution is 6.30. The van der Waals surface area contributed by atoms with Crippen molar-refractivity contribution in [2.75, 3.05) is 0 Å². The molecule has 0 aromatic heterocycles. The van der Waals surface area contributed by atoms with Crippen molar-refractivity contribution in [3.8, 4) is 0 Å². The minimum absolute atomic E-state index is 0.00153. The smallest absolute Gasteiger partial charge is 0.471 e. The van der Waals surface area contributed by atoms with Gasteiger partial charge in [-0.25, -0.2) is 4.79 Å². The molecule has 1 aromatic carbocycles. The number of hydrogen-bond donors (Lipinski definition) is 2. The Balaban J connectivity index is 3.05. The van der Waals surface area contributed by atoms with Gasteiger partial charge in [0.15, 0.2) is 0 Å². The van der Waals surface area contributed by atoms with Crippen LogP contribution in [0.2, 0.25) is 5.02 Å². The van der Waals surface area contributed by atoms with E-state index in [4.69, 9.17) is 16.7 Å². The lowest BCUT2D eigenvalue weighted by molar-refractivity contribution is -0.385. The van der Waals surface area contributed by atoms with Gasteiger partial charge in [-0.1, -0.05) is 17.7 Å². The molecule has 11 heteroatoms. The summed E-state index contributed by atoms with van der Waals surface area (Å²) in [6, 6.07) is 1.28. The fourth-order valence-corrected chi connectivity index (χ4v) is 1.71. The first-order chi connectivity index (χ1) is 10.0. The first-order valence-electron chi connectivity index (χ1n) is 5.55. The standard InChI is InChI=1S/C11H8ClF3N2O5/c12-6-2-1-5(8(4-6)17(21)22)3-7(9(18)19)16-10(20)11(13,14)15/h1-2,4,7H,3H2,(H,16,20)(H,18,19). The highest BCUT2D eigenvalue weighted by atomic mass is 35.5. The molecule has 1 aromatic rings. The summed E-state index contributed by atoms with van der Waals surface area (Å²) in [5, 5.41) is 21.0. The number of nitro benzene ring substituents is 1. The Labute approximate surface area is 125 Å². The van der Waals surface area contributed by atoms with E-state index in [1.807, 2.05) is 0 Å². The number of alkyl halides is 3. The number of aliphatic carboxylic acids is 1. The molecule has 7 nitrogen and oxygen atoms in total. The number of carbonyl (C=O) groups is 2. The van der Waals surface area contributed by atoms with E-state index in [9.17, 15) is 32.9 Å². The summed E-state index contributed by atoms with van der Waals surface area (Å²) in [4.78, 5) is 31.7. The van der Waals surface area contributed by atoms with Crippen LogP contribution in [-0.2, 0) is 16.0 Å². The van der Waals surface area contributed by atoms with E-state index in [-0.39, 0.29) is 10.6 Å². The quantitative estimate of drug-likeness (QED) is 0.628. The molecule has 0 bridgehead atoms. The van der Waals surface area contributed by atoms with Crippen LogP contribution in [0.1, 0.15) is 5.56 Å². The maximum Gasteiger partial charge on any atom is 0.471 e. The Morgan fingerprint density at radius 1 is 1.41 bits per heavy atom. The predicted octanol–water partition coefficient (Wildman–Crippen LogP) is 1.92. The van der Waals surface area contributed by atoms with Crippen molar-refractivity contribution in [1.29, 1.82) is 0 Å². The summed E-state index contributed by atoms with van der Waals surface area (Å²) < 4.78 is 36.4. The monoisotopic (exact) mass is 340 g/mol. The van der Waals surface area contributed by atoms with Crippen molar-refractivity contribution < 1.29 is 32.8 Å². The molecule has 0 saturated heterocycles. The Hall–Kier alpha value is -2.36. The molecule has 0 heterocycles. The second-order valence-electron chi connectivity index (χ2n) is 4.10. The maximum absolute atomic E-state index is 12.1. The predicted molar refractivity (Wildman–Crippen MR) is 67.4 cm³/mol. The van der Waals surface area contributed by atoms with Crippen LogP contribution in [0.5, 0.6) is 0 Å². The fourth-order valence-electron chi connectivity index (χ4n) is 1.54. The lowest BCUT2D eigenvalue weighted by atomic mass is 10.0. The van der Waals surface area contributed by atoms with E-state index >= 15 is 0 Å². The average Bonchev–Trinajstić information content (AvgIpc) is 2.38. The second-order valence-corrected chi connectivity index (χ2v) is 4.53. The molecule has 0 saturated carbocycles. The summed E-state index contributed by atoms with van der Waals surface area (Å²) in [7, 11) is 0. The first kappa shape index (κ1) is 17.7. The largest absolute Gasteiger partial charge is 0.480 e. The molecule has 0 aliphatic rings. The lowest BCUT2D eigenvalue weighted by Crippen LogP contribution is -2.47. The Bertz CT molecular complexity index is 620. The SMILES string of the molecule is O=C(O)C(Cc1ccc(Cl)cc1[N+](=O)[O-])NC(=O)C(F)(F)F. The number of halogens is 4. The first-order valence-corrected chi connectivity index (χ1v) is 5.93. The van der Waals surface area contributed by atoms with E-state index in [0.29, 0.717) is 0 Å². The highest BCUT2D eigenvalue weighted by Crippen LogP contribution is 2.24. The van der Waals surface area contributed by atoms with Crippen LogP contribution in [0.15, 0.2) is 18.2 Å². The number of nitrogens with zero attached hydrogens (tertiary/aromatic N) is 1. The van der Waals surface area contributed by atoms with Gasteiger partial charge in [-0.15, -0.1) is 0 Å². The Morgan fingerprint density at radius 2 is 2.00 bits per heavy atom. The van der Waals surface area contributed by atoms with E-state index < -0.39 is 41.1 Å². The molecule has 1 atom stereocenters. The van der Waals surface area contributed by atoms with E-state index in [1.165, 1.54) is 11.4 Å². The van der Waals surface area contributed by atoms with Crippen molar-refractivity contribution in [2.45, 2.75) is 18.6 Å². The number of amides is 1. The lowest BCUT2D eigenvalue weighted by Gasteiger charge is -2.15. The van der Waals surface area contributed by atoms with Gasteiger partial charge in [0, 0.05) is 23.1 Å². The fraction of sp³-hybridized carbons (Fsp3) is 0.273. The third kappa shape index (κ3) is 4.58. The van der Waals surface area contributed by atoms with Crippen molar-refractivity contribution >= 4 is 29.2 Å². The molecular formula is C11H8ClF3N2O5. The number of nitro groups is 1. The van der Waals surface area contributed by atoms with Crippen LogP contribution < -0.4 is 5.32 Å². The van der Waals surface area contributed by atoms with E-state index in [2.05, 4.69) is 0 Å². The zero-order chi connectivity index (χ0) is 17.1. The van der Waals surface area contributed by atoms with E-state index in [0.717, 1.165) is 12.1 Å². The Kier molecular flexibility index (Phi) is 5.31. The van der Waals surface area contributed by atoms with Gasteiger partial charge in [0.05, 0.1) is 4.92 Å². The van der Waals surface area contributed by atoms with Crippen LogP contribution in [0.4, 0.5) is 18.9 Å². The number of carboxylic acid groups (broad SMARTS) is 1. The van der Waals surface area contributed by atoms with Gasteiger partial charge in [-0.3, -0.25) is 14.9 Å². The normalized spacial score (nSPS) is 12.5. The maximum atomic E-state index is 12.1. The van der Waals surface area contributed by atoms with Crippen molar-refractivity contribution in [1.82, 2.24) is 5.32 Å². The number of carboxylic acids is 1. The third-order valence-electron chi connectivity index (χ3n) is 2.53. The van der Waals surface area contributed by atoms with Crippen LogP contribution in [-0.4, -0.2) is 34.1 Å². The second kappa shape index (κ2) is 6.60. The number of hydrogen-bond acceptors (Lipinski definition) is 4. The van der Waals surface area contributed by atoms with Crippen molar-refractivity contribution in [3.05, 3.63) is 38.9 Å². The van der Waals surface area contributed by atoms with Crippen LogP contribution in [0.3, 0.4) is 0 Å². The van der Waals surface area contributed by atoms with Gasteiger partial charge in [-0.05, 0) is 6.07 Å². The zero-order valence-corrected chi connectivity index (χ0v) is 11.3. The number of benzene rings is 1. The van der Waals surface area contributed by atoms with Crippen LogP contribution >= 0.6 is 11.6 Å². The van der Waals surface area contributed by atoms with Crippen LogP contribution in [0.25, 0.3) is 0 Å². The molecule has 1 rings (SSSR count). The van der Waals surface area contributed by atoms with Crippen LogP contribution in [0, 0.1) is 10.1 Å².